The van der Waals surface area contributed by atoms with Gasteiger partial charge < -0.3 is 10.6 Å². The van der Waals surface area contributed by atoms with Crippen LogP contribution in [0.2, 0.25) is 0 Å². The molecule has 1 saturated carbocycles. The average Bonchev–Trinajstić information content (AvgIpc) is 2.86. The highest BCUT2D eigenvalue weighted by Crippen LogP contribution is 2.29. The fraction of sp³-hybridized carbons (Fsp3) is 0.619. The number of aryl methyl sites for hydroxylation is 1. The quantitative estimate of drug-likeness (QED) is 0.657. The molecule has 0 unspecified atom stereocenters. The first kappa shape index (κ1) is 21.8. The fourth-order valence-electron chi connectivity index (χ4n) is 4.06. The van der Waals surface area contributed by atoms with E-state index < -0.39 is 10.0 Å². The molecule has 0 bridgehead atoms. The van der Waals surface area contributed by atoms with Crippen LogP contribution < -0.4 is 15.4 Å². The number of benzene rings is 1. The number of rotatable bonds is 6. The molecular weight excluding hydrogens is 390 g/mol. The highest BCUT2D eigenvalue weighted by Gasteiger charge is 2.27. The van der Waals surface area contributed by atoms with Gasteiger partial charge in [0.2, 0.25) is 21.8 Å². The maximum atomic E-state index is 12.7. The standard InChI is InChI=1S/C21H31N3O4S/c1-14(2)23-21(26)16-8-6-15(7-9-16)13-22-29(27,28)18-10-11-19-17(12-18)4-3-5-20(25)24-19/h10-12,14-16,22H,3-9,13H2,1-2H3,(H,23,26)(H,24,25). The Kier molecular flexibility index (Phi) is 6.95. The lowest BCUT2D eigenvalue weighted by Crippen LogP contribution is -2.38. The zero-order chi connectivity index (χ0) is 21.0. The molecule has 0 saturated heterocycles. The Morgan fingerprint density at radius 1 is 1.17 bits per heavy atom. The van der Waals surface area contributed by atoms with Gasteiger partial charge in [0.25, 0.3) is 0 Å². The first-order valence-electron chi connectivity index (χ1n) is 10.5. The number of hydrogen-bond donors (Lipinski definition) is 3. The van der Waals surface area contributed by atoms with Gasteiger partial charge in [-0.3, -0.25) is 9.59 Å². The molecule has 7 nitrogen and oxygen atoms in total. The molecule has 1 fully saturated rings. The van der Waals surface area contributed by atoms with Gasteiger partial charge in [-0.15, -0.1) is 0 Å². The predicted octanol–water partition coefficient (Wildman–Crippen LogP) is 2.57. The summed E-state index contributed by atoms with van der Waals surface area (Å²) in [5, 5.41) is 5.78. The van der Waals surface area contributed by atoms with Crippen molar-refractivity contribution in [3.8, 4) is 0 Å². The molecule has 160 valence electrons. The summed E-state index contributed by atoms with van der Waals surface area (Å²) in [4.78, 5) is 24.0. The molecule has 3 rings (SSSR count). The smallest absolute Gasteiger partial charge is 0.240 e. The van der Waals surface area contributed by atoms with Gasteiger partial charge in [0.05, 0.1) is 4.90 Å². The van der Waals surface area contributed by atoms with Crippen LogP contribution in [0.3, 0.4) is 0 Å². The molecule has 0 atom stereocenters. The van der Waals surface area contributed by atoms with E-state index in [0.717, 1.165) is 31.2 Å². The maximum Gasteiger partial charge on any atom is 0.240 e. The molecule has 1 aromatic carbocycles. The number of carbonyl (C=O) groups is 2. The van der Waals surface area contributed by atoms with Crippen molar-refractivity contribution in [3.05, 3.63) is 23.8 Å². The van der Waals surface area contributed by atoms with Gasteiger partial charge in [-0.2, -0.15) is 0 Å². The molecule has 0 spiro atoms. The first-order valence-corrected chi connectivity index (χ1v) is 12.0. The van der Waals surface area contributed by atoms with Crippen LogP contribution in [-0.2, 0) is 26.0 Å². The number of carbonyl (C=O) groups excluding carboxylic acids is 2. The van der Waals surface area contributed by atoms with Crippen LogP contribution >= 0.6 is 0 Å². The number of anilines is 1. The topological polar surface area (TPSA) is 104 Å². The van der Waals surface area contributed by atoms with Crippen LogP contribution in [0, 0.1) is 11.8 Å². The normalized spacial score (nSPS) is 22.5. The Labute approximate surface area is 173 Å². The minimum absolute atomic E-state index is 0.0323. The number of fused-ring (bicyclic) bond motifs is 1. The third-order valence-electron chi connectivity index (χ3n) is 5.72. The highest BCUT2D eigenvalue weighted by atomic mass is 32.2. The van der Waals surface area contributed by atoms with Crippen molar-refractivity contribution in [2.24, 2.45) is 11.8 Å². The lowest BCUT2D eigenvalue weighted by molar-refractivity contribution is -0.126. The largest absolute Gasteiger partial charge is 0.354 e. The lowest BCUT2D eigenvalue weighted by atomic mass is 9.81. The van der Waals surface area contributed by atoms with Crippen molar-refractivity contribution in [1.82, 2.24) is 10.0 Å². The molecule has 29 heavy (non-hydrogen) atoms. The minimum Gasteiger partial charge on any atom is -0.354 e. The van der Waals surface area contributed by atoms with Gasteiger partial charge in [-0.1, -0.05) is 0 Å². The van der Waals surface area contributed by atoms with Gasteiger partial charge in [-0.25, -0.2) is 13.1 Å². The van der Waals surface area contributed by atoms with Gasteiger partial charge >= 0.3 is 0 Å². The summed E-state index contributed by atoms with van der Waals surface area (Å²) in [5.41, 5.74) is 1.56. The lowest BCUT2D eigenvalue weighted by Gasteiger charge is -2.28. The molecule has 1 aliphatic carbocycles. The van der Waals surface area contributed by atoms with E-state index in [1.165, 1.54) is 0 Å². The van der Waals surface area contributed by atoms with Crippen LogP contribution in [-0.4, -0.2) is 32.8 Å². The maximum absolute atomic E-state index is 12.7. The molecule has 2 amide bonds. The fourth-order valence-corrected chi connectivity index (χ4v) is 5.23. The van der Waals surface area contributed by atoms with Crippen LogP contribution in [0.1, 0.15) is 57.9 Å². The van der Waals surface area contributed by atoms with E-state index in [0.29, 0.717) is 31.5 Å². The Morgan fingerprint density at radius 3 is 2.59 bits per heavy atom. The number of nitrogens with one attached hydrogen (secondary N) is 3. The van der Waals surface area contributed by atoms with Crippen molar-refractivity contribution >= 4 is 27.5 Å². The van der Waals surface area contributed by atoms with Crippen molar-refractivity contribution in [2.45, 2.75) is 69.7 Å². The molecule has 0 radical (unpaired) electrons. The molecular formula is C21H31N3O4S. The monoisotopic (exact) mass is 421 g/mol. The number of amides is 2. The summed E-state index contributed by atoms with van der Waals surface area (Å²) < 4.78 is 28.2. The summed E-state index contributed by atoms with van der Waals surface area (Å²) in [6.07, 6.45) is 5.12. The van der Waals surface area contributed by atoms with Crippen molar-refractivity contribution < 1.29 is 18.0 Å². The second-order valence-corrected chi connectivity index (χ2v) is 10.2. The zero-order valence-corrected chi connectivity index (χ0v) is 18.0. The van der Waals surface area contributed by atoms with E-state index in [9.17, 15) is 18.0 Å². The second-order valence-electron chi connectivity index (χ2n) is 8.45. The third-order valence-corrected chi connectivity index (χ3v) is 7.14. The SMILES string of the molecule is CC(C)NC(=O)C1CCC(CNS(=O)(=O)c2ccc3c(c2)CCCC(=O)N3)CC1. The molecule has 8 heteroatoms. The summed E-state index contributed by atoms with van der Waals surface area (Å²) >= 11 is 0. The van der Waals surface area contributed by atoms with Gasteiger partial charge in [0.1, 0.15) is 0 Å². The summed E-state index contributed by atoms with van der Waals surface area (Å²) in [6, 6.07) is 5.02. The summed E-state index contributed by atoms with van der Waals surface area (Å²) in [6.45, 7) is 4.29. The number of sulfonamides is 1. The molecule has 2 aliphatic rings. The number of hydrogen-bond acceptors (Lipinski definition) is 4. The Bertz CT molecular complexity index is 859. The minimum atomic E-state index is -3.61. The van der Waals surface area contributed by atoms with Crippen LogP contribution in [0.5, 0.6) is 0 Å². The predicted molar refractivity (Wildman–Crippen MR) is 112 cm³/mol. The Balaban J connectivity index is 1.55. The average molecular weight is 422 g/mol. The van der Waals surface area contributed by atoms with Gasteiger partial charge in [0, 0.05) is 30.6 Å². The summed E-state index contributed by atoms with van der Waals surface area (Å²) in [5.74, 6) is 0.351. The molecule has 0 aromatic heterocycles. The van der Waals surface area contributed by atoms with Crippen molar-refractivity contribution in [1.29, 1.82) is 0 Å². The third kappa shape index (κ3) is 5.79. The van der Waals surface area contributed by atoms with E-state index in [2.05, 4.69) is 15.4 Å². The molecule has 1 aromatic rings. The molecule has 1 aliphatic heterocycles. The first-order chi connectivity index (χ1) is 13.7. The molecule has 1 heterocycles. The second kappa shape index (κ2) is 9.26. The van der Waals surface area contributed by atoms with Crippen LogP contribution in [0.25, 0.3) is 0 Å². The van der Waals surface area contributed by atoms with Crippen LogP contribution in [0.15, 0.2) is 23.1 Å². The van der Waals surface area contributed by atoms with E-state index >= 15 is 0 Å². The summed E-state index contributed by atoms with van der Waals surface area (Å²) in [7, 11) is -3.61. The van der Waals surface area contributed by atoms with E-state index in [1.54, 1.807) is 18.2 Å². The van der Waals surface area contributed by atoms with E-state index in [4.69, 9.17) is 0 Å². The van der Waals surface area contributed by atoms with Crippen molar-refractivity contribution in [3.63, 3.8) is 0 Å². The Morgan fingerprint density at radius 2 is 1.90 bits per heavy atom. The van der Waals surface area contributed by atoms with Gasteiger partial charge in [-0.05, 0) is 82.1 Å². The molecule has 3 N–H and O–H groups in total. The van der Waals surface area contributed by atoms with E-state index in [-0.39, 0.29) is 34.6 Å². The zero-order valence-electron chi connectivity index (χ0n) is 17.2. The van der Waals surface area contributed by atoms with Crippen molar-refractivity contribution in [2.75, 3.05) is 11.9 Å². The highest BCUT2D eigenvalue weighted by molar-refractivity contribution is 7.89. The van der Waals surface area contributed by atoms with Crippen LogP contribution in [0.4, 0.5) is 5.69 Å². The van der Waals surface area contributed by atoms with Gasteiger partial charge in [0.15, 0.2) is 0 Å². The van der Waals surface area contributed by atoms with E-state index in [1.807, 2.05) is 13.8 Å². The Hall–Kier alpha value is -1.93.